The maximum Gasteiger partial charge on any atom is 0.244 e. The Morgan fingerprint density at radius 3 is 2.50 bits per heavy atom. The highest BCUT2D eigenvalue weighted by Gasteiger charge is 2.56. The second-order valence-electron chi connectivity index (χ2n) is 6.38. The molecule has 0 spiro atoms. The number of hydrogen-bond acceptors (Lipinski definition) is 4. The molecular formula is C14H23NO4S. The molecule has 0 aromatic rings. The summed E-state index contributed by atoms with van der Waals surface area (Å²) in [6.07, 6.45) is 7.29. The lowest BCUT2D eigenvalue weighted by atomic mass is 9.81. The Morgan fingerprint density at radius 1 is 1.20 bits per heavy atom. The molecule has 5 nitrogen and oxygen atoms in total. The summed E-state index contributed by atoms with van der Waals surface area (Å²) in [5, 5.41) is 0. The first-order chi connectivity index (χ1) is 9.46. The molecule has 1 heterocycles. The van der Waals surface area contributed by atoms with E-state index in [1.165, 1.54) is 6.26 Å². The van der Waals surface area contributed by atoms with E-state index in [4.69, 9.17) is 4.74 Å². The average Bonchev–Trinajstić information content (AvgIpc) is 2.34. The fourth-order valence-corrected chi connectivity index (χ4v) is 5.32. The maximum absolute atomic E-state index is 12.9. The summed E-state index contributed by atoms with van der Waals surface area (Å²) in [5.41, 5.74) is 0. The van der Waals surface area contributed by atoms with E-state index in [2.05, 4.69) is 0 Å². The maximum atomic E-state index is 12.9. The Morgan fingerprint density at radius 2 is 1.90 bits per heavy atom. The van der Waals surface area contributed by atoms with Crippen LogP contribution >= 0.6 is 0 Å². The second kappa shape index (κ2) is 4.98. The summed E-state index contributed by atoms with van der Waals surface area (Å²) in [6.45, 7) is 1.07. The van der Waals surface area contributed by atoms with E-state index in [-0.39, 0.29) is 18.1 Å². The summed E-state index contributed by atoms with van der Waals surface area (Å²) >= 11 is 0. The number of fused-ring (bicyclic) bond motifs is 1. The van der Waals surface area contributed by atoms with E-state index >= 15 is 0 Å². The van der Waals surface area contributed by atoms with Crippen LogP contribution in [0.3, 0.4) is 0 Å². The molecule has 2 atom stereocenters. The van der Waals surface area contributed by atoms with Crippen molar-refractivity contribution in [3.63, 3.8) is 0 Å². The Balaban J connectivity index is 1.85. The average molecular weight is 301 g/mol. The first kappa shape index (κ1) is 14.3. The van der Waals surface area contributed by atoms with Crippen molar-refractivity contribution >= 4 is 15.7 Å². The van der Waals surface area contributed by atoms with Crippen LogP contribution in [-0.4, -0.2) is 55.5 Å². The summed E-state index contributed by atoms with van der Waals surface area (Å²) < 4.78 is 28.8. The molecule has 114 valence electrons. The molecule has 1 aliphatic heterocycles. The number of nitrogens with zero attached hydrogens (tertiary/aromatic N) is 1. The number of ether oxygens (including phenoxy) is 1. The molecule has 20 heavy (non-hydrogen) atoms. The van der Waals surface area contributed by atoms with Crippen LogP contribution in [0, 0.1) is 0 Å². The molecule has 0 aromatic heterocycles. The van der Waals surface area contributed by atoms with E-state index in [0.29, 0.717) is 26.0 Å². The van der Waals surface area contributed by atoms with Crippen molar-refractivity contribution < 1.29 is 17.9 Å². The van der Waals surface area contributed by atoms with Crippen molar-refractivity contribution in [3.8, 4) is 0 Å². The second-order valence-corrected chi connectivity index (χ2v) is 8.71. The molecule has 0 radical (unpaired) electrons. The SMILES string of the molecule is CS(=O)(=O)C1(C(=O)N2CCO[C@@H]3CCCC[C@H]32)CCC1. The summed E-state index contributed by atoms with van der Waals surface area (Å²) in [6, 6.07) is 0.0872. The van der Waals surface area contributed by atoms with E-state index in [1.54, 1.807) is 0 Å². The minimum atomic E-state index is -3.35. The molecule has 1 saturated heterocycles. The van der Waals surface area contributed by atoms with Crippen LogP contribution in [0.15, 0.2) is 0 Å². The molecule has 3 fully saturated rings. The summed E-state index contributed by atoms with van der Waals surface area (Å²) in [7, 11) is -3.35. The zero-order valence-corrected chi connectivity index (χ0v) is 12.8. The number of morpholine rings is 1. The number of carbonyl (C=O) groups excluding carboxylic acids is 1. The summed E-state index contributed by atoms with van der Waals surface area (Å²) in [5.74, 6) is -0.161. The van der Waals surface area contributed by atoms with Gasteiger partial charge in [0, 0.05) is 12.8 Å². The van der Waals surface area contributed by atoms with Crippen molar-refractivity contribution in [1.29, 1.82) is 0 Å². The Bertz CT molecular complexity index is 495. The molecule has 0 aromatic carbocycles. The lowest BCUT2D eigenvalue weighted by Crippen LogP contribution is -2.64. The number of rotatable bonds is 2. The molecule has 3 rings (SSSR count). The Hall–Kier alpha value is -0.620. The predicted molar refractivity (Wildman–Crippen MR) is 75.1 cm³/mol. The minimum Gasteiger partial charge on any atom is -0.374 e. The fourth-order valence-electron chi connectivity index (χ4n) is 3.85. The fraction of sp³-hybridized carbons (Fsp3) is 0.929. The molecule has 0 bridgehead atoms. The van der Waals surface area contributed by atoms with E-state index < -0.39 is 14.6 Å². The van der Waals surface area contributed by atoms with Gasteiger partial charge < -0.3 is 9.64 Å². The molecule has 1 amide bonds. The highest BCUT2D eigenvalue weighted by molar-refractivity contribution is 7.93. The van der Waals surface area contributed by atoms with Gasteiger partial charge in [-0.15, -0.1) is 0 Å². The smallest absolute Gasteiger partial charge is 0.244 e. The first-order valence-electron chi connectivity index (χ1n) is 7.58. The van der Waals surface area contributed by atoms with Gasteiger partial charge in [0.15, 0.2) is 14.6 Å². The van der Waals surface area contributed by atoms with Gasteiger partial charge in [0.1, 0.15) is 0 Å². The van der Waals surface area contributed by atoms with Gasteiger partial charge >= 0.3 is 0 Å². The molecule has 6 heteroatoms. The number of amides is 1. The largest absolute Gasteiger partial charge is 0.374 e. The van der Waals surface area contributed by atoms with Crippen molar-refractivity contribution in [2.45, 2.75) is 61.8 Å². The van der Waals surface area contributed by atoms with Crippen LogP contribution in [0.4, 0.5) is 0 Å². The molecule has 2 aliphatic carbocycles. The molecule has 0 N–H and O–H groups in total. The van der Waals surface area contributed by atoms with Gasteiger partial charge in [-0.05, 0) is 32.1 Å². The number of sulfone groups is 1. The van der Waals surface area contributed by atoms with E-state index in [0.717, 1.165) is 32.1 Å². The van der Waals surface area contributed by atoms with Crippen LogP contribution in [-0.2, 0) is 19.4 Å². The monoisotopic (exact) mass is 301 g/mol. The van der Waals surface area contributed by atoms with Gasteiger partial charge in [-0.2, -0.15) is 0 Å². The normalized spacial score (nSPS) is 33.1. The molecule has 2 saturated carbocycles. The topological polar surface area (TPSA) is 63.7 Å². The van der Waals surface area contributed by atoms with Gasteiger partial charge in [-0.25, -0.2) is 8.42 Å². The lowest BCUT2D eigenvalue weighted by molar-refractivity contribution is -0.154. The minimum absolute atomic E-state index is 0.0872. The first-order valence-corrected chi connectivity index (χ1v) is 9.47. The quantitative estimate of drug-likeness (QED) is 0.767. The number of carbonyl (C=O) groups is 1. The van der Waals surface area contributed by atoms with Crippen LogP contribution in [0.2, 0.25) is 0 Å². The van der Waals surface area contributed by atoms with Crippen molar-refractivity contribution in [1.82, 2.24) is 4.90 Å². The van der Waals surface area contributed by atoms with Crippen LogP contribution in [0.1, 0.15) is 44.9 Å². The van der Waals surface area contributed by atoms with E-state index in [1.807, 2.05) is 4.90 Å². The third kappa shape index (κ3) is 2.08. The highest BCUT2D eigenvalue weighted by Crippen LogP contribution is 2.42. The van der Waals surface area contributed by atoms with Crippen LogP contribution in [0.25, 0.3) is 0 Å². The molecular weight excluding hydrogens is 278 g/mol. The standard InChI is InChI=1S/C14H23NO4S/c1-20(17,18)14(7-4-8-14)13(16)15-9-10-19-12-6-3-2-5-11(12)15/h11-12H,2-10H2,1H3/t11-,12-/m1/s1. The zero-order valence-electron chi connectivity index (χ0n) is 12.0. The Labute approximate surface area is 120 Å². The van der Waals surface area contributed by atoms with Crippen molar-refractivity contribution in [2.24, 2.45) is 0 Å². The van der Waals surface area contributed by atoms with Crippen LogP contribution in [0.5, 0.6) is 0 Å². The van der Waals surface area contributed by atoms with Gasteiger partial charge in [-0.1, -0.05) is 12.8 Å². The lowest BCUT2D eigenvalue weighted by Gasteiger charge is -2.49. The summed E-state index contributed by atoms with van der Waals surface area (Å²) in [4.78, 5) is 14.7. The molecule has 0 unspecified atom stereocenters. The van der Waals surface area contributed by atoms with Gasteiger partial charge in [0.25, 0.3) is 0 Å². The van der Waals surface area contributed by atoms with Crippen molar-refractivity contribution in [3.05, 3.63) is 0 Å². The van der Waals surface area contributed by atoms with Gasteiger partial charge in [-0.3, -0.25) is 4.79 Å². The third-order valence-electron chi connectivity index (χ3n) is 5.25. The predicted octanol–water partition coefficient (Wildman–Crippen LogP) is 1.12. The van der Waals surface area contributed by atoms with Crippen molar-refractivity contribution in [2.75, 3.05) is 19.4 Å². The highest BCUT2D eigenvalue weighted by atomic mass is 32.2. The molecule has 3 aliphatic rings. The van der Waals surface area contributed by atoms with Crippen LogP contribution < -0.4 is 0 Å². The Kier molecular flexibility index (Phi) is 3.57. The van der Waals surface area contributed by atoms with Gasteiger partial charge in [0.05, 0.1) is 18.8 Å². The number of hydrogen-bond donors (Lipinski definition) is 0. The third-order valence-corrected chi connectivity index (χ3v) is 7.26. The zero-order chi connectivity index (χ0) is 14.4. The van der Waals surface area contributed by atoms with Gasteiger partial charge in [0.2, 0.25) is 5.91 Å². The van der Waals surface area contributed by atoms with E-state index in [9.17, 15) is 13.2 Å².